The average molecular weight is 233 g/mol. The zero-order chi connectivity index (χ0) is 12.7. The molecule has 4 nitrogen and oxygen atoms in total. The molecular weight excluding hydrogens is 218 g/mol. The van der Waals surface area contributed by atoms with Crippen molar-refractivity contribution >= 4 is 18.0 Å². The van der Waals surface area contributed by atoms with Crippen LogP contribution in [0.1, 0.15) is 22.8 Å². The van der Waals surface area contributed by atoms with E-state index in [4.69, 9.17) is 0 Å². The minimum absolute atomic E-state index is 0.0871. The summed E-state index contributed by atoms with van der Waals surface area (Å²) >= 11 is 0. The molecule has 0 aliphatic rings. The first-order valence-electron chi connectivity index (χ1n) is 5.23. The topological polar surface area (TPSA) is 55.4 Å². The third-order valence-corrected chi connectivity index (χ3v) is 2.13. The Hall–Kier alpha value is -2.10. The second-order valence-corrected chi connectivity index (χ2v) is 3.42. The lowest BCUT2D eigenvalue weighted by Gasteiger charge is -2.03. The monoisotopic (exact) mass is 233 g/mol. The molecule has 1 rings (SSSR count). The molecule has 0 unspecified atom stereocenters. The molecule has 0 saturated carbocycles. The predicted octanol–water partition coefficient (Wildman–Crippen LogP) is 1.62. The molecule has 0 heterocycles. The fourth-order valence-corrected chi connectivity index (χ4v) is 1.33. The van der Waals surface area contributed by atoms with Crippen molar-refractivity contribution in [3.05, 3.63) is 41.5 Å². The number of hydrogen-bond donors (Lipinski definition) is 1. The average Bonchev–Trinajstić information content (AvgIpc) is 2.34. The van der Waals surface area contributed by atoms with E-state index in [9.17, 15) is 9.59 Å². The van der Waals surface area contributed by atoms with E-state index in [-0.39, 0.29) is 11.9 Å². The molecule has 1 aromatic carbocycles. The van der Waals surface area contributed by atoms with Crippen molar-refractivity contribution in [2.75, 3.05) is 13.7 Å². The molecule has 1 aromatic rings. The Morgan fingerprint density at radius 2 is 2.06 bits per heavy atom. The van der Waals surface area contributed by atoms with Crippen LogP contribution in [0.15, 0.2) is 30.3 Å². The fourth-order valence-electron chi connectivity index (χ4n) is 1.33. The highest BCUT2D eigenvalue weighted by Gasteiger charge is 2.07. The first-order valence-corrected chi connectivity index (χ1v) is 5.23. The van der Waals surface area contributed by atoms with Crippen LogP contribution in [-0.4, -0.2) is 25.5 Å². The summed E-state index contributed by atoms with van der Waals surface area (Å²) in [5.74, 6) is -0.458. The third kappa shape index (κ3) is 4.10. The third-order valence-electron chi connectivity index (χ3n) is 2.13. The number of rotatable bonds is 4. The van der Waals surface area contributed by atoms with Crippen LogP contribution < -0.4 is 5.32 Å². The number of amides is 1. The molecule has 17 heavy (non-hydrogen) atoms. The van der Waals surface area contributed by atoms with Gasteiger partial charge in [0.05, 0.1) is 12.7 Å². The van der Waals surface area contributed by atoms with E-state index in [0.717, 1.165) is 5.56 Å². The maximum Gasteiger partial charge on any atom is 0.338 e. The molecule has 0 aliphatic carbocycles. The van der Waals surface area contributed by atoms with E-state index < -0.39 is 0 Å². The Balaban J connectivity index is 2.76. The molecule has 1 amide bonds. The highest BCUT2D eigenvalue weighted by molar-refractivity contribution is 5.93. The quantitative estimate of drug-likeness (QED) is 0.804. The second kappa shape index (κ2) is 6.48. The number of nitrogens with one attached hydrogen (secondary N) is 1. The summed E-state index contributed by atoms with van der Waals surface area (Å²) in [6.07, 6.45) is 3.56. The molecule has 0 spiro atoms. The summed E-state index contributed by atoms with van der Waals surface area (Å²) in [5.41, 5.74) is 1.28. The van der Waals surface area contributed by atoms with Crippen LogP contribution in [0.5, 0.6) is 0 Å². The molecule has 1 N–H and O–H groups in total. The van der Waals surface area contributed by atoms with Crippen LogP contribution in [-0.2, 0) is 9.53 Å². The van der Waals surface area contributed by atoms with E-state index >= 15 is 0 Å². The van der Waals surface area contributed by atoms with Crippen LogP contribution in [0, 0.1) is 0 Å². The van der Waals surface area contributed by atoms with Gasteiger partial charge in [-0.25, -0.2) is 4.79 Å². The Labute approximate surface area is 100 Å². The van der Waals surface area contributed by atoms with Crippen molar-refractivity contribution in [1.29, 1.82) is 0 Å². The SMILES string of the molecule is COC(=O)c1ccccc1C=CCNC(C)=O. The van der Waals surface area contributed by atoms with Crippen LogP contribution in [0.25, 0.3) is 6.08 Å². The Kier molecular flexibility index (Phi) is 4.94. The maximum atomic E-state index is 11.4. The lowest BCUT2D eigenvalue weighted by atomic mass is 10.1. The number of hydrogen-bond acceptors (Lipinski definition) is 3. The summed E-state index contributed by atoms with van der Waals surface area (Å²) in [5, 5.41) is 2.64. The van der Waals surface area contributed by atoms with Crippen molar-refractivity contribution in [3.63, 3.8) is 0 Å². The number of carbonyl (C=O) groups excluding carboxylic acids is 2. The lowest BCUT2D eigenvalue weighted by molar-refractivity contribution is -0.118. The molecule has 0 saturated heterocycles. The van der Waals surface area contributed by atoms with Gasteiger partial charge in [0, 0.05) is 13.5 Å². The van der Waals surface area contributed by atoms with Crippen molar-refractivity contribution in [2.45, 2.75) is 6.92 Å². The van der Waals surface area contributed by atoms with Gasteiger partial charge in [0.15, 0.2) is 0 Å². The zero-order valence-corrected chi connectivity index (χ0v) is 9.90. The van der Waals surface area contributed by atoms with Crippen LogP contribution >= 0.6 is 0 Å². The molecule has 0 fully saturated rings. The summed E-state index contributed by atoms with van der Waals surface area (Å²) in [6, 6.07) is 7.13. The minimum atomic E-state index is -0.371. The summed E-state index contributed by atoms with van der Waals surface area (Å²) in [7, 11) is 1.35. The van der Waals surface area contributed by atoms with Gasteiger partial charge in [-0.1, -0.05) is 30.4 Å². The maximum absolute atomic E-state index is 11.4. The zero-order valence-electron chi connectivity index (χ0n) is 9.90. The van der Waals surface area contributed by atoms with Crippen LogP contribution in [0.2, 0.25) is 0 Å². The van der Waals surface area contributed by atoms with Crippen LogP contribution in [0.3, 0.4) is 0 Å². The Morgan fingerprint density at radius 1 is 1.35 bits per heavy atom. The van der Waals surface area contributed by atoms with Gasteiger partial charge in [0.2, 0.25) is 5.91 Å². The van der Waals surface area contributed by atoms with Gasteiger partial charge in [0.25, 0.3) is 0 Å². The van der Waals surface area contributed by atoms with Gasteiger partial charge in [-0.15, -0.1) is 0 Å². The van der Waals surface area contributed by atoms with E-state index in [2.05, 4.69) is 10.1 Å². The molecule has 0 aromatic heterocycles. The van der Waals surface area contributed by atoms with Gasteiger partial charge in [-0.05, 0) is 11.6 Å². The van der Waals surface area contributed by atoms with Crippen molar-refractivity contribution in [1.82, 2.24) is 5.32 Å². The standard InChI is InChI=1S/C13H15NO3/c1-10(15)14-9-5-7-11-6-3-4-8-12(11)13(16)17-2/h3-8H,9H2,1-2H3,(H,14,15). The normalized spacial score (nSPS) is 10.2. The molecule has 0 radical (unpaired) electrons. The molecule has 0 bridgehead atoms. The second-order valence-electron chi connectivity index (χ2n) is 3.42. The largest absolute Gasteiger partial charge is 0.465 e. The Morgan fingerprint density at radius 3 is 2.71 bits per heavy atom. The number of esters is 1. The number of methoxy groups -OCH3 is 1. The number of benzene rings is 1. The predicted molar refractivity (Wildman–Crippen MR) is 65.5 cm³/mol. The van der Waals surface area contributed by atoms with Crippen molar-refractivity contribution < 1.29 is 14.3 Å². The van der Waals surface area contributed by atoms with Gasteiger partial charge in [-0.3, -0.25) is 4.79 Å². The molecule has 0 aliphatic heterocycles. The van der Waals surface area contributed by atoms with Crippen LogP contribution in [0.4, 0.5) is 0 Å². The highest BCUT2D eigenvalue weighted by atomic mass is 16.5. The summed E-state index contributed by atoms with van der Waals surface area (Å²) in [6.45, 7) is 1.89. The number of ether oxygens (including phenoxy) is 1. The van der Waals surface area contributed by atoms with Crippen molar-refractivity contribution in [2.24, 2.45) is 0 Å². The van der Waals surface area contributed by atoms with Gasteiger partial charge < -0.3 is 10.1 Å². The molecule has 90 valence electrons. The van der Waals surface area contributed by atoms with Gasteiger partial charge >= 0.3 is 5.97 Å². The smallest absolute Gasteiger partial charge is 0.338 e. The molecule has 4 heteroatoms. The first kappa shape index (κ1) is 13.0. The highest BCUT2D eigenvalue weighted by Crippen LogP contribution is 2.11. The number of carbonyl (C=O) groups is 2. The van der Waals surface area contributed by atoms with Gasteiger partial charge in [0.1, 0.15) is 0 Å². The van der Waals surface area contributed by atoms with E-state index in [1.54, 1.807) is 24.3 Å². The van der Waals surface area contributed by atoms with E-state index in [1.165, 1.54) is 14.0 Å². The molecular formula is C13H15NO3. The summed E-state index contributed by atoms with van der Waals surface area (Å²) < 4.78 is 4.68. The van der Waals surface area contributed by atoms with E-state index in [1.807, 2.05) is 12.1 Å². The fraction of sp³-hybridized carbons (Fsp3) is 0.231. The lowest BCUT2D eigenvalue weighted by Crippen LogP contribution is -2.19. The van der Waals surface area contributed by atoms with Gasteiger partial charge in [-0.2, -0.15) is 0 Å². The molecule has 0 atom stereocenters. The van der Waals surface area contributed by atoms with E-state index in [0.29, 0.717) is 12.1 Å². The first-order chi connectivity index (χ1) is 8.15. The van der Waals surface area contributed by atoms with Crippen molar-refractivity contribution in [3.8, 4) is 0 Å². The Bertz CT molecular complexity index is 438. The summed E-state index contributed by atoms with van der Waals surface area (Å²) in [4.78, 5) is 22.1. The minimum Gasteiger partial charge on any atom is -0.465 e.